The second-order valence-electron chi connectivity index (χ2n) is 5.60. The Kier molecular flexibility index (Phi) is 3.14. The summed E-state index contributed by atoms with van der Waals surface area (Å²) in [6.45, 7) is 4.63. The lowest BCUT2D eigenvalue weighted by Gasteiger charge is -2.20. The summed E-state index contributed by atoms with van der Waals surface area (Å²) in [4.78, 5) is 0. The summed E-state index contributed by atoms with van der Waals surface area (Å²) >= 11 is 0. The standard InChI is InChI=1S/C15H20O3/c1-15(2)17-13-8-12(9-14(13)18-15)16-10-11-6-4-3-5-7-11/h3-7,12-14H,8-10H2,1-2H3/t12-,13-,14+. The van der Waals surface area contributed by atoms with Crippen LogP contribution >= 0.6 is 0 Å². The Bertz CT molecular complexity index is 385. The Balaban J connectivity index is 1.50. The minimum absolute atomic E-state index is 0.209. The summed E-state index contributed by atoms with van der Waals surface area (Å²) < 4.78 is 17.6. The van der Waals surface area contributed by atoms with Crippen LogP contribution in [0.5, 0.6) is 0 Å². The Morgan fingerprint density at radius 1 is 1.11 bits per heavy atom. The van der Waals surface area contributed by atoms with E-state index < -0.39 is 5.79 Å². The highest BCUT2D eigenvalue weighted by Gasteiger charge is 2.47. The first-order chi connectivity index (χ1) is 8.62. The largest absolute Gasteiger partial charge is 0.373 e. The maximum atomic E-state index is 5.93. The maximum absolute atomic E-state index is 5.93. The van der Waals surface area contributed by atoms with Gasteiger partial charge in [-0.2, -0.15) is 0 Å². The van der Waals surface area contributed by atoms with E-state index in [-0.39, 0.29) is 18.3 Å². The zero-order valence-corrected chi connectivity index (χ0v) is 11.0. The number of hydrogen-bond acceptors (Lipinski definition) is 3. The molecule has 1 aromatic carbocycles. The fourth-order valence-corrected chi connectivity index (χ4v) is 2.85. The molecule has 1 aromatic rings. The fraction of sp³-hybridized carbons (Fsp3) is 0.600. The van der Waals surface area contributed by atoms with Crippen LogP contribution in [0.3, 0.4) is 0 Å². The highest BCUT2D eigenvalue weighted by Crippen LogP contribution is 2.39. The van der Waals surface area contributed by atoms with E-state index in [1.165, 1.54) is 5.56 Å². The first kappa shape index (κ1) is 12.2. The molecule has 1 saturated heterocycles. The minimum atomic E-state index is -0.417. The zero-order chi connectivity index (χ0) is 12.6. The van der Waals surface area contributed by atoms with E-state index in [4.69, 9.17) is 14.2 Å². The van der Waals surface area contributed by atoms with Gasteiger partial charge >= 0.3 is 0 Å². The zero-order valence-electron chi connectivity index (χ0n) is 11.0. The summed E-state index contributed by atoms with van der Waals surface area (Å²) in [5.41, 5.74) is 1.22. The first-order valence-electron chi connectivity index (χ1n) is 6.63. The Morgan fingerprint density at radius 2 is 1.72 bits per heavy atom. The summed E-state index contributed by atoms with van der Waals surface area (Å²) in [7, 11) is 0. The predicted octanol–water partition coefficient (Wildman–Crippen LogP) is 2.89. The molecule has 0 radical (unpaired) electrons. The lowest BCUT2D eigenvalue weighted by Crippen LogP contribution is -2.24. The summed E-state index contributed by atoms with van der Waals surface area (Å²) in [6.07, 6.45) is 2.57. The third kappa shape index (κ3) is 2.58. The first-order valence-corrected chi connectivity index (χ1v) is 6.63. The molecule has 1 heterocycles. The van der Waals surface area contributed by atoms with Crippen LogP contribution in [0.2, 0.25) is 0 Å². The molecule has 1 aliphatic carbocycles. The topological polar surface area (TPSA) is 27.7 Å². The van der Waals surface area contributed by atoms with Crippen molar-refractivity contribution in [1.29, 1.82) is 0 Å². The molecule has 0 spiro atoms. The SMILES string of the molecule is CC1(C)O[C@H]2C[C@H](OCc3ccccc3)C[C@H]2O1. The quantitative estimate of drug-likeness (QED) is 0.823. The second-order valence-corrected chi connectivity index (χ2v) is 5.60. The van der Waals surface area contributed by atoms with E-state index in [2.05, 4.69) is 12.1 Å². The van der Waals surface area contributed by atoms with E-state index in [0.29, 0.717) is 6.61 Å². The lowest BCUT2D eigenvalue weighted by molar-refractivity contribution is -0.159. The third-order valence-corrected chi connectivity index (χ3v) is 3.60. The van der Waals surface area contributed by atoms with E-state index in [1.54, 1.807) is 0 Å². The van der Waals surface area contributed by atoms with Gasteiger partial charge < -0.3 is 14.2 Å². The van der Waals surface area contributed by atoms with Gasteiger partial charge in [-0.1, -0.05) is 30.3 Å². The monoisotopic (exact) mass is 248 g/mol. The van der Waals surface area contributed by atoms with Crippen LogP contribution in [0.15, 0.2) is 30.3 Å². The van der Waals surface area contributed by atoms with E-state index in [9.17, 15) is 0 Å². The van der Waals surface area contributed by atoms with Crippen molar-refractivity contribution in [2.45, 2.75) is 57.4 Å². The molecule has 1 saturated carbocycles. The van der Waals surface area contributed by atoms with Crippen LogP contribution in [-0.4, -0.2) is 24.1 Å². The van der Waals surface area contributed by atoms with Crippen LogP contribution in [-0.2, 0) is 20.8 Å². The molecule has 2 fully saturated rings. The van der Waals surface area contributed by atoms with Gasteiger partial charge in [-0.05, 0) is 19.4 Å². The number of fused-ring (bicyclic) bond motifs is 1. The van der Waals surface area contributed by atoms with Gasteiger partial charge in [0.25, 0.3) is 0 Å². The van der Waals surface area contributed by atoms with Gasteiger partial charge in [-0.3, -0.25) is 0 Å². The summed E-state index contributed by atoms with van der Waals surface area (Å²) in [5.74, 6) is -0.417. The lowest BCUT2D eigenvalue weighted by atomic mass is 10.2. The molecule has 0 N–H and O–H groups in total. The van der Waals surface area contributed by atoms with Crippen molar-refractivity contribution in [3.05, 3.63) is 35.9 Å². The van der Waals surface area contributed by atoms with Crippen molar-refractivity contribution in [1.82, 2.24) is 0 Å². The van der Waals surface area contributed by atoms with Crippen LogP contribution in [0, 0.1) is 0 Å². The molecular weight excluding hydrogens is 228 g/mol. The second kappa shape index (κ2) is 4.65. The van der Waals surface area contributed by atoms with Crippen LogP contribution in [0.4, 0.5) is 0 Å². The third-order valence-electron chi connectivity index (χ3n) is 3.60. The highest BCUT2D eigenvalue weighted by atomic mass is 16.8. The van der Waals surface area contributed by atoms with Gasteiger partial charge in [-0.15, -0.1) is 0 Å². The molecule has 3 atom stereocenters. The van der Waals surface area contributed by atoms with Crippen molar-refractivity contribution in [3.8, 4) is 0 Å². The molecule has 0 aromatic heterocycles. The van der Waals surface area contributed by atoms with Gasteiger partial charge in [0.05, 0.1) is 24.9 Å². The molecular formula is C15H20O3. The van der Waals surface area contributed by atoms with Crippen molar-refractivity contribution in [3.63, 3.8) is 0 Å². The Labute approximate surface area is 108 Å². The molecule has 1 aliphatic heterocycles. The van der Waals surface area contributed by atoms with Gasteiger partial charge in [0, 0.05) is 12.8 Å². The van der Waals surface area contributed by atoms with Crippen molar-refractivity contribution in [2.24, 2.45) is 0 Å². The normalized spacial score (nSPS) is 33.6. The van der Waals surface area contributed by atoms with Gasteiger partial charge in [-0.25, -0.2) is 0 Å². The number of rotatable bonds is 3. The highest BCUT2D eigenvalue weighted by molar-refractivity contribution is 5.13. The van der Waals surface area contributed by atoms with Crippen LogP contribution in [0.25, 0.3) is 0 Å². The Morgan fingerprint density at radius 3 is 2.33 bits per heavy atom. The van der Waals surface area contributed by atoms with Crippen molar-refractivity contribution >= 4 is 0 Å². The molecule has 3 nitrogen and oxygen atoms in total. The average molecular weight is 248 g/mol. The van der Waals surface area contributed by atoms with E-state index in [1.807, 2.05) is 32.0 Å². The average Bonchev–Trinajstić information content (AvgIpc) is 2.81. The molecule has 0 amide bonds. The molecule has 2 aliphatic rings. The molecule has 18 heavy (non-hydrogen) atoms. The fourth-order valence-electron chi connectivity index (χ4n) is 2.85. The van der Waals surface area contributed by atoms with Crippen molar-refractivity contribution in [2.75, 3.05) is 0 Å². The smallest absolute Gasteiger partial charge is 0.163 e. The number of benzene rings is 1. The molecule has 3 heteroatoms. The summed E-state index contributed by atoms with van der Waals surface area (Å²) in [5, 5.41) is 0. The minimum Gasteiger partial charge on any atom is -0.373 e. The number of hydrogen-bond donors (Lipinski definition) is 0. The molecule has 98 valence electrons. The molecule has 0 bridgehead atoms. The van der Waals surface area contributed by atoms with Crippen LogP contribution in [0.1, 0.15) is 32.3 Å². The number of ether oxygens (including phenoxy) is 3. The van der Waals surface area contributed by atoms with Gasteiger partial charge in [0.1, 0.15) is 0 Å². The van der Waals surface area contributed by atoms with E-state index in [0.717, 1.165) is 12.8 Å². The Hall–Kier alpha value is -0.900. The molecule has 0 unspecified atom stereocenters. The van der Waals surface area contributed by atoms with Crippen LogP contribution < -0.4 is 0 Å². The predicted molar refractivity (Wildman–Crippen MR) is 68.1 cm³/mol. The van der Waals surface area contributed by atoms with Gasteiger partial charge in [0.2, 0.25) is 0 Å². The van der Waals surface area contributed by atoms with Gasteiger partial charge in [0.15, 0.2) is 5.79 Å². The van der Waals surface area contributed by atoms with Crippen molar-refractivity contribution < 1.29 is 14.2 Å². The molecule has 3 rings (SSSR count). The maximum Gasteiger partial charge on any atom is 0.163 e. The van der Waals surface area contributed by atoms with E-state index >= 15 is 0 Å². The summed E-state index contributed by atoms with van der Waals surface area (Å²) in [6, 6.07) is 10.3.